The number of nitrogens with two attached hydrogens (primary N) is 1. The Morgan fingerprint density at radius 1 is 1.23 bits per heavy atom. The quantitative estimate of drug-likeness (QED) is 0.663. The molecule has 1 aliphatic heterocycles. The van der Waals surface area contributed by atoms with E-state index in [2.05, 4.69) is 13.8 Å². The molecule has 1 heterocycles. The summed E-state index contributed by atoms with van der Waals surface area (Å²) >= 11 is 6.03. The van der Waals surface area contributed by atoms with Gasteiger partial charge in [-0.25, -0.2) is 0 Å². The van der Waals surface area contributed by atoms with Crippen LogP contribution >= 0.6 is 24.0 Å². The van der Waals surface area contributed by atoms with Crippen LogP contribution in [0.1, 0.15) is 51.5 Å². The Kier molecular flexibility index (Phi) is 9.94. The van der Waals surface area contributed by atoms with Crippen molar-refractivity contribution in [1.82, 2.24) is 4.90 Å². The molecule has 4 nitrogen and oxygen atoms in total. The fourth-order valence-corrected chi connectivity index (χ4v) is 3.84. The predicted molar refractivity (Wildman–Crippen MR) is 110 cm³/mol. The summed E-state index contributed by atoms with van der Waals surface area (Å²) in [5, 5.41) is 0.702. The lowest BCUT2D eigenvalue weighted by Crippen LogP contribution is -2.50. The van der Waals surface area contributed by atoms with E-state index in [1.807, 2.05) is 29.2 Å². The number of benzene rings is 1. The number of hydrogen-bond acceptors (Lipinski definition) is 3. The topological polar surface area (TPSA) is 55.6 Å². The van der Waals surface area contributed by atoms with Crippen LogP contribution < -0.4 is 5.73 Å². The molecule has 0 aromatic heterocycles. The van der Waals surface area contributed by atoms with Gasteiger partial charge in [-0.15, -0.1) is 12.4 Å². The Morgan fingerprint density at radius 3 is 2.31 bits per heavy atom. The number of ether oxygens (including phenoxy) is 1. The zero-order valence-corrected chi connectivity index (χ0v) is 17.5. The summed E-state index contributed by atoms with van der Waals surface area (Å²) in [5.74, 6) is 0.236. The van der Waals surface area contributed by atoms with Crippen molar-refractivity contribution in [1.29, 1.82) is 0 Å². The van der Waals surface area contributed by atoms with Crippen LogP contribution in [0.2, 0.25) is 5.02 Å². The average molecular weight is 403 g/mol. The van der Waals surface area contributed by atoms with Crippen molar-refractivity contribution in [3.8, 4) is 0 Å². The van der Waals surface area contributed by atoms with Crippen LogP contribution in [0.25, 0.3) is 0 Å². The van der Waals surface area contributed by atoms with Crippen molar-refractivity contribution < 1.29 is 9.53 Å². The third kappa shape index (κ3) is 5.35. The molecule has 0 bridgehead atoms. The minimum Gasteiger partial charge on any atom is -0.378 e. The molecule has 2 N–H and O–H groups in total. The molecule has 1 amide bonds. The van der Waals surface area contributed by atoms with Crippen LogP contribution in [0.4, 0.5) is 0 Å². The van der Waals surface area contributed by atoms with Crippen LogP contribution in [0.15, 0.2) is 24.3 Å². The molecular weight excluding hydrogens is 371 g/mol. The molecule has 1 aromatic rings. The molecule has 0 saturated carbocycles. The van der Waals surface area contributed by atoms with Gasteiger partial charge in [0.2, 0.25) is 5.91 Å². The number of amides is 1. The molecular formula is C20H32Cl2N2O2. The molecule has 0 spiro atoms. The van der Waals surface area contributed by atoms with E-state index in [-0.39, 0.29) is 24.4 Å². The van der Waals surface area contributed by atoms with Crippen LogP contribution in [-0.2, 0) is 14.9 Å². The van der Waals surface area contributed by atoms with Gasteiger partial charge in [0, 0.05) is 24.7 Å². The second-order valence-electron chi connectivity index (χ2n) is 6.80. The fraction of sp³-hybridized carbons (Fsp3) is 0.650. The van der Waals surface area contributed by atoms with Gasteiger partial charge in [-0.05, 0) is 56.3 Å². The van der Waals surface area contributed by atoms with E-state index in [4.69, 9.17) is 22.1 Å². The van der Waals surface area contributed by atoms with Crippen molar-refractivity contribution in [2.45, 2.75) is 57.5 Å². The monoisotopic (exact) mass is 402 g/mol. The van der Waals surface area contributed by atoms with E-state index in [0.717, 1.165) is 50.8 Å². The summed E-state index contributed by atoms with van der Waals surface area (Å²) < 4.78 is 5.85. The van der Waals surface area contributed by atoms with Gasteiger partial charge in [-0.3, -0.25) is 4.79 Å². The van der Waals surface area contributed by atoms with Gasteiger partial charge in [-0.1, -0.05) is 37.6 Å². The number of likely N-dealkylation sites (tertiary alicyclic amines) is 1. The molecule has 26 heavy (non-hydrogen) atoms. The average Bonchev–Trinajstić information content (AvgIpc) is 2.65. The van der Waals surface area contributed by atoms with Gasteiger partial charge in [0.05, 0.1) is 11.5 Å². The van der Waals surface area contributed by atoms with Gasteiger partial charge in [0.15, 0.2) is 0 Å². The SMILES string of the molecule is CCC(CC)(C(=O)N1CCC(OCCCN)CC1)c1ccc(Cl)cc1.Cl. The highest BCUT2D eigenvalue weighted by Crippen LogP contribution is 2.35. The zero-order chi connectivity index (χ0) is 18.3. The van der Waals surface area contributed by atoms with Crippen molar-refractivity contribution in [2.75, 3.05) is 26.2 Å². The van der Waals surface area contributed by atoms with Crippen LogP contribution in [0, 0.1) is 0 Å². The lowest BCUT2D eigenvalue weighted by molar-refractivity contribution is -0.140. The van der Waals surface area contributed by atoms with Crippen LogP contribution in [0.5, 0.6) is 0 Å². The highest BCUT2D eigenvalue weighted by Gasteiger charge is 2.40. The first-order chi connectivity index (χ1) is 12.1. The molecule has 6 heteroatoms. The Balaban J connectivity index is 0.00000338. The number of carbonyl (C=O) groups is 1. The van der Waals surface area contributed by atoms with E-state index in [1.165, 1.54) is 0 Å². The van der Waals surface area contributed by atoms with E-state index in [1.54, 1.807) is 0 Å². The predicted octanol–water partition coefficient (Wildman–Crippen LogP) is 4.18. The summed E-state index contributed by atoms with van der Waals surface area (Å²) in [4.78, 5) is 15.4. The van der Waals surface area contributed by atoms with Crippen LogP contribution in [-0.4, -0.2) is 43.2 Å². The second kappa shape index (κ2) is 11.1. The number of piperidine rings is 1. The van der Waals surface area contributed by atoms with E-state index in [9.17, 15) is 4.79 Å². The third-order valence-corrected chi connectivity index (χ3v) is 5.70. The Hall–Kier alpha value is -0.810. The molecule has 1 saturated heterocycles. The fourth-order valence-electron chi connectivity index (χ4n) is 3.71. The molecule has 1 aliphatic rings. The maximum absolute atomic E-state index is 13.4. The van der Waals surface area contributed by atoms with Gasteiger partial charge >= 0.3 is 0 Å². The van der Waals surface area contributed by atoms with Gasteiger partial charge in [0.25, 0.3) is 0 Å². The first-order valence-electron chi connectivity index (χ1n) is 9.44. The first-order valence-corrected chi connectivity index (χ1v) is 9.82. The molecule has 0 atom stereocenters. The Morgan fingerprint density at radius 2 is 1.81 bits per heavy atom. The number of rotatable bonds is 8. The van der Waals surface area contributed by atoms with Crippen molar-refractivity contribution in [3.05, 3.63) is 34.9 Å². The van der Waals surface area contributed by atoms with Crippen molar-refractivity contribution >= 4 is 29.9 Å². The summed E-state index contributed by atoms with van der Waals surface area (Å²) in [7, 11) is 0. The third-order valence-electron chi connectivity index (χ3n) is 5.44. The molecule has 0 unspecified atom stereocenters. The second-order valence-corrected chi connectivity index (χ2v) is 7.24. The summed E-state index contributed by atoms with van der Waals surface area (Å²) in [6, 6.07) is 7.75. The van der Waals surface area contributed by atoms with E-state index in [0.29, 0.717) is 18.2 Å². The smallest absolute Gasteiger partial charge is 0.233 e. The molecule has 1 fully saturated rings. The largest absolute Gasteiger partial charge is 0.378 e. The van der Waals surface area contributed by atoms with Crippen molar-refractivity contribution in [2.24, 2.45) is 5.73 Å². The molecule has 2 rings (SSSR count). The highest BCUT2D eigenvalue weighted by atomic mass is 35.5. The van der Waals surface area contributed by atoms with Crippen LogP contribution in [0.3, 0.4) is 0 Å². The molecule has 0 aliphatic carbocycles. The number of carbonyl (C=O) groups excluding carboxylic acids is 1. The lowest BCUT2D eigenvalue weighted by atomic mass is 9.74. The van der Waals surface area contributed by atoms with E-state index >= 15 is 0 Å². The summed E-state index contributed by atoms with van der Waals surface area (Å²) in [6.07, 6.45) is 4.53. The van der Waals surface area contributed by atoms with Gasteiger partial charge < -0.3 is 15.4 Å². The van der Waals surface area contributed by atoms with Gasteiger partial charge in [-0.2, -0.15) is 0 Å². The normalized spacial score (nSPS) is 15.6. The molecule has 1 aromatic carbocycles. The Bertz CT molecular complexity index is 539. The first kappa shape index (κ1) is 23.2. The van der Waals surface area contributed by atoms with Crippen molar-refractivity contribution in [3.63, 3.8) is 0 Å². The number of nitrogens with zero attached hydrogens (tertiary/aromatic N) is 1. The maximum atomic E-state index is 13.4. The number of hydrogen-bond donors (Lipinski definition) is 1. The highest BCUT2D eigenvalue weighted by molar-refractivity contribution is 6.30. The van der Waals surface area contributed by atoms with Gasteiger partial charge in [0.1, 0.15) is 0 Å². The standard InChI is InChI=1S/C20H31ClN2O2.ClH/c1-3-20(4-2,16-6-8-17(21)9-7-16)19(24)23-13-10-18(11-14-23)25-15-5-12-22;/h6-9,18H,3-5,10-15,22H2,1-2H3;1H. The summed E-state index contributed by atoms with van der Waals surface area (Å²) in [6.45, 7) is 7.10. The number of halogens is 2. The molecule has 0 radical (unpaired) electrons. The van der Waals surface area contributed by atoms with E-state index < -0.39 is 5.41 Å². The minimum atomic E-state index is -0.460. The zero-order valence-electron chi connectivity index (χ0n) is 15.9. The lowest BCUT2D eigenvalue weighted by Gasteiger charge is -2.40. The molecule has 148 valence electrons. The minimum absolute atomic E-state index is 0. The Labute approximate surface area is 168 Å². The summed E-state index contributed by atoms with van der Waals surface area (Å²) in [5.41, 5.74) is 6.11. The maximum Gasteiger partial charge on any atom is 0.233 e.